The van der Waals surface area contributed by atoms with Crippen LogP contribution in [0.5, 0.6) is 5.75 Å². The monoisotopic (exact) mass is 370 g/mol. The Bertz CT molecular complexity index is 1020. The van der Waals surface area contributed by atoms with Crippen molar-refractivity contribution >= 4 is 23.0 Å². The Hall–Kier alpha value is -3.80. The molecule has 3 aromatic carbocycles. The standard InChI is InChI=1S/C22H18N4O2/c1-28-19-14-12-17(13-15-19)23-24-21-20(16-8-4-2-5-9-16)25-26(22(21)27)18-10-6-3-7-11-18/h2-15,21H,1H3. The van der Waals surface area contributed by atoms with Crippen molar-refractivity contribution in [2.24, 2.45) is 15.3 Å². The summed E-state index contributed by atoms with van der Waals surface area (Å²) in [6.45, 7) is 0. The summed E-state index contributed by atoms with van der Waals surface area (Å²) in [7, 11) is 1.61. The summed E-state index contributed by atoms with van der Waals surface area (Å²) < 4.78 is 5.15. The van der Waals surface area contributed by atoms with E-state index >= 15 is 0 Å². The Balaban J connectivity index is 1.68. The van der Waals surface area contributed by atoms with Crippen LogP contribution in [0.15, 0.2) is 100 Å². The van der Waals surface area contributed by atoms with Crippen LogP contribution in [0.1, 0.15) is 5.56 Å². The molecular weight excluding hydrogens is 352 g/mol. The first-order chi connectivity index (χ1) is 13.8. The minimum absolute atomic E-state index is 0.234. The Morgan fingerprint density at radius 1 is 0.893 bits per heavy atom. The Morgan fingerprint density at radius 2 is 1.54 bits per heavy atom. The van der Waals surface area contributed by atoms with Crippen LogP contribution in [0.3, 0.4) is 0 Å². The highest BCUT2D eigenvalue weighted by Crippen LogP contribution is 2.26. The molecule has 1 aliphatic rings. The number of anilines is 1. The predicted molar refractivity (Wildman–Crippen MR) is 108 cm³/mol. The number of azo groups is 1. The average Bonchev–Trinajstić information content (AvgIpc) is 3.10. The van der Waals surface area contributed by atoms with Gasteiger partial charge in [-0.3, -0.25) is 4.79 Å². The largest absolute Gasteiger partial charge is 0.497 e. The van der Waals surface area contributed by atoms with Crippen LogP contribution < -0.4 is 9.75 Å². The molecule has 28 heavy (non-hydrogen) atoms. The van der Waals surface area contributed by atoms with Crippen LogP contribution >= 0.6 is 0 Å². The fourth-order valence-corrected chi connectivity index (χ4v) is 2.90. The molecule has 1 atom stereocenters. The van der Waals surface area contributed by atoms with Crippen LogP contribution in [-0.4, -0.2) is 24.8 Å². The summed E-state index contributed by atoms with van der Waals surface area (Å²) in [5.74, 6) is 0.500. The first-order valence-corrected chi connectivity index (χ1v) is 8.84. The van der Waals surface area contributed by atoms with Gasteiger partial charge in [-0.05, 0) is 36.4 Å². The van der Waals surface area contributed by atoms with Gasteiger partial charge in [-0.25, -0.2) is 0 Å². The summed E-state index contributed by atoms with van der Waals surface area (Å²) in [6.07, 6.45) is 0. The average molecular weight is 370 g/mol. The molecule has 0 fully saturated rings. The van der Waals surface area contributed by atoms with E-state index in [1.807, 2.05) is 60.7 Å². The van der Waals surface area contributed by atoms with E-state index in [0.29, 0.717) is 17.1 Å². The maximum atomic E-state index is 13.0. The molecule has 0 aromatic heterocycles. The first-order valence-electron chi connectivity index (χ1n) is 8.84. The molecule has 4 rings (SSSR count). The number of carbonyl (C=O) groups excluding carboxylic acids is 1. The second-order valence-electron chi connectivity index (χ2n) is 6.15. The molecule has 0 N–H and O–H groups in total. The summed E-state index contributed by atoms with van der Waals surface area (Å²) >= 11 is 0. The molecule has 0 spiro atoms. The van der Waals surface area contributed by atoms with E-state index in [4.69, 9.17) is 4.74 Å². The van der Waals surface area contributed by atoms with Crippen LogP contribution in [0.25, 0.3) is 0 Å². The van der Waals surface area contributed by atoms with Crippen molar-refractivity contribution in [3.63, 3.8) is 0 Å². The second kappa shape index (κ2) is 7.84. The Labute approximate surface area is 162 Å². The topological polar surface area (TPSA) is 66.6 Å². The third kappa shape index (κ3) is 3.53. The van der Waals surface area contributed by atoms with Gasteiger partial charge in [-0.2, -0.15) is 20.3 Å². The Morgan fingerprint density at radius 3 is 2.18 bits per heavy atom. The van der Waals surface area contributed by atoms with Crippen LogP contribution in [-0.2, 0) is 4.79 Å². The molecule has 1 aliphatic heterocycles. The fraction of sp³-hybridized carbons (Fsp3) is 0.0909. The summed E-state index contributed by atoms with van der Waals surface area (Å²) in [4.78, 5) is 13.0. The van der Waals surface area contributed by atoms with Crippen LogP contribution in [0.2, 0.25) is 0 Å². The number of rotatable bonds is 5. The number of hydrogen-bond donors (Lipinski definition) is 0. The number of benzene rings is 3. The maximum Gasteiger partial charge on any atom is 0.280 e. The van der Waals surface area contributed by atoms with E-state index < -0.39 is 6.04 Å². The van der Waals surface area contributed by atoms with E-state index in [9.17, 15) is 4.79 Å². The molecular formula is C22H18N4O2. The lowest BCUT2D eigenvalue weighted by Gasteiger charge is -2.11. The molecule has 3 aromatic rings. The van der Waals surface area contributed by atoms with Crippen molar-refractivity contribution in [2.75, 3.05) is 12.1 Å². The number of amides is 1. The third-order valence-corrected chi connectivity index (χ3v) is 4.34. The minimum Gasteiger partial charge on any atom is -0.497 e. The zero-order chi connectivity index (χ0) is 19.3. The van der Waals surface area contributed by atoms with Gasteiger partial charge in [0, 0.05) is 5.56 Å². The summed E-state index contributed by atoms with van der Waals surface area (Å²) in [5, 5.41) is 14.5. The molecule has 0 aliphatic carbocycles. The molecule has 1 amide bonds. The van der Waals surface area contributed by atoms with E-state index in [-0.39, 0.29) is 5.91 Å². The van der Waals surface area contributed by atoms with Crippen molar-refractivity contribution in [3.8, 4) is 5.75 Å². The lowest BCUT2D eigenvalue weighted by atomic mass is 10.0. The molecule has 0 saturated heterocycles. The van der Waals surface area contributed by atoms with Gasteiger partial charge in [0.25, 0.3) is 5.91 Å². The van der Waals surface area contributed by atoms with Gasteiger partial charge in [0.15, 0.2) is 6.04 Å². The number of nitrogens with zero attached hydrogens (tertiary/aromatic N) is 4. The van der Waals surface area contributed by atoms with Gasteiger partial charge >= 0.3 is 0 Å². The van der Waals surface area contributed by atoms with Gasteiger partial charge in [0.2, 0.25) is 0 Å². The van der Waals surface area contributed by atoms with Gasteiger partial charge in [-0.1, -0.05) is 48.5 Å². The second-order valence-corrected chi connectivity index (χ2v) is 6.15. The van der Waals surface area contributed by atoms with Gasteiger partial charge < -0.3 is 4.74 Å². The predicted octanol–water partition coefficient (Wildman–Crippen LogP) is 4.60. The van der Waals surface area contributed by atoms with E-state index in [2.05, 4.69) is 15.3 Å². The van der Waals surface area contributed by atoms with Crippen molar-refractivity contribution in [1.29, 1.82) is 0 Å². The molecule has 6 heteroatoms. The van der Waals surface area contributed by atoms with Crippen molar-refractivity contribution < 1.29 is 9.53 Å². The number of carbonyl (C=O) groups is 1. The highest BCUT2D eigenvalue weighted by molar-refractivity contribution is 6.24. The molecule has 1 heterocycles. The quantitative estimate of drug-likeness (QED) is 0.616. The van der Waals surface area contributed by atoms with E-state index in [1.54, 1.807) is 31.4 Å². The number of methoxy groups -OCH3 is 1. The van der Waals surface area contributed by atoms with Gasteiger partial charge in [0.1, 0.15) is 11.5 Å². The normalized spacial score (nSPS) is 16.5. The number of para-hydroxylation sites is 1. The molecule has 1 unspecified atom stereocenters. The Kier molecular flexibility index (Phi) is 4.93. The zero-order valence-electron chi connectivity index (χ0n) is 15.3. The lowest BCUT2D eigenvalue weighted by Crippen LogP contribution is -2.30. The lowest BCUT2D eigenvalue weighted by molar-refractivity contribution is -0.117. The molecule has 6 nitrogen and oxygen atoms in total. The molecule has 0 saturated carbocycles. The number of hydrazone groups is 1. The van der Waals surface area contributed by atoms with Crippen LogP contribution in [0, 0.1) is 0 Å². The van der Waals surface area contributed by atoms with E-state index in [1.165, 1.54) is 5.01 Å². The molecule has 0 bridgehead atoms. The van der Waals surface area contributed by atoms with Crippen molar-refractivity contribution in [3.05, 3.63) is 90.5 Å². The highest BCUT2D eigenvalue weighted by atomic mass is 16.5. The molecule has 0 radical (unpaired) electrons. The van der Waals surface area contributed by atoms with E-state index in [0.717, 1.165) is 11.3 Å². The highest BCUT2D eigenvalue weighted by Gasteiger charge is 2.37. The SMILES string of the molecule is COc1ccc(N=NC2C(=O)N(c3ccccc3)N=C2c2ccccc2)cc1. The smallest absolute Gasteiger partial charge is 0.280 e. The van der Waals surface area contributed by atoms with Crippen LogP contribution in [0.4, 0.5) is 11.4 Å². The summed E-state index contributed by atoms with van der Waals surface area (Å²) in [5.41, 5.74) is 2.75. The number of ether oxygens (including phenoxy) is 1. The first kappa shape index (κ1) is 17.6. The maximum absolute atomic E-state index is 13.0. The fourth-order valence-electron chi connectivity index (χ4n) is 2.90. The van der Waals surface area contributed by atoms with Gasteiger partial charge in [-0.15, -0.1) is 0 Å². The van der Waals surface area contributed by atoms with Crippen molar-refractivity contribution in [2.45, 2.75) is 6.04 Å². The van der Waals surface area contributed by atoms with Crippen molar-refractivity contribution in [1.82, 2.24) is 0 Å². The van der Waals surface area contributed by atoms with Gasteiger partial charge in [0.05, 0.1) is 18.5 Å². The third-order valence-electron chi connectivity index (χ3n) is 4.34. The summed E-state index contributed by atoms with van der Waals surface area (Å²) in [6, 6.07) is 25.2. The molecule has 138 valence electrons. The number of hydrogen-bond acceptors (Lipinski definition) is 5. The zero-order valence-corrected chi connectivity index (χ0v) is 15.3. The minimum atomic E-state index is -0.801.